The summed E-state index contributed by atoms with van der Waals surface area (Å²) in [4.78, 5) is 4.39. The van der Waals surface area contributed by atoms with Crippen molar-refractivity contribution in [3.05, 3.63) is 28.2 Å². The number of aromatic nitrogens is 1. The third kappa shape index (κ3) is 1.64. The van der Waals surface area contributed by atoms with Crippen LogP contribution in [0.1, 0.15) is 26.3 Å². The van der Waals surface area contributed by atoms with Gasteiger partial charge in [-0.3, -0.25) is 4.98 Å². The molecule has 0 aliphatic carbocycles. The third-order valence-electron chi connectivity index (χ3n) is 2.19. The molecule has 0 amide bonds. The largest absolute Gasteiger partial charge is 0.254 e. The smallest absolute Gasteiger partial charge is 0.0848 e. The van der Waals surface area contributed by atoms with Crippen LogP contribution in [0.25, 0.3) is 10.2 Å². The zero-order chi connectivity index (χ0) is 10.3. The molecule has 0 radical (unpaired) electrons. The van der Waals surface area contributed by atoms with E-state index < -0.39 is 0 Å². The van der Waals surface area contributed by atoms with E-state index in [1.807, 2.05) is 6.07 Å². The standard InChI is InChI=1S/C11H12ClNS/c1-11(2,3)8-6-14-9-4-7(12)5-13-10(8)9/h4-6H,1-3H3. The Balaban J connectivity index is 2.70. The second-order valence-corrected chi connectivity index (χ2v) is 5.75. The highest BCUT2D eigenvalue weighted by Crippen LogP contribution is 2.34. The molecule has 0 aliphatic rings. The molecule has 0 N–H and O–H groups in total. The average Bonchev–Trinajstić information content (AvgIpc) is 2.45. The number of thiophene rings is 1. The molecule has 1 nitrogen and oxygen atoms in total. The Kier molecular flexibility index (Phi) is 2.28. The maximum Gasteiger partial charge on any atom is 0.0848 e. The van der Waals surface area contributed by atoms with E-state index in [4.69, 9.17) is 11.6 Å². The molecule has 2 aromatic rings. The van der Waals surface area contributed by atoms with Crippen molar-refractivity contribution in [1.82, 2.24) is 4.98 Å². The van der Waals surface area contributed by atoms with Crippen LogP contribution >= 0.6 is 22.9 Å². The van der Waals surface area contributed by atoms with E-state index in [-0.39, 0.29) is 5.41 Å². The molecule has 0 spiro atoms. The highest BCUT2D eigenvalue weighted by atomic mass is 35.5. The highest BCUT2D eigenvalue weighted by Gasteiger charge is 2.19. The van der Waals surface area contributed by atoms with Crippen molar-refractivity contribution in [3.8, 4) is 0 Å². The molecule has 0 saturated carbocycles. The van der Waals surface area contributed by atoms with Crippen LogP contribution < -0.4 is 0 Å². The summed E-state index contributed by atoms with van der Waals surface area (Å²) in [5.74, 6) is 0. The molecule has 14 heavy (non-hydrogen) atoms. The van der Waals surface area contributed by atoms with Crippen LogP contribution in [0.15, 0.2) is 17.6 Å². The van der Waals surface area contributed by atoms with Gasteiger partial charge in [0.25, 0.3) is 0 Å². The molecule has 0 saturated heterocycles. The van der Waals surface area contributed by atoms with Crippen LogP contribution in [-0.2, 0) is 5.41 Å². The van der Waals surface area contributed by atoms with Gasteiger partial charge in [-0.1, -0.05) is 32.4 Å². The van der Waals surface area contributed by atoms with Gasteiger partial charge in [-0.2, -0.15) is 0 Å². The molecule has 74 valence electrons. The Hall–Kier alpha value is -0.600. The van der Waals surface area contributed by atoms with Gasteiger partial charge < -0.3 is 0 Å². The lowest BCUT2D eigenvalue weighted by atomic mass is 9.88. The van der Waals surface area contributed by atoms with Crippen LogP contribution in [0.4, 0.5) is 0 Å². The number of hydrogen-bond donors (Lipinski definition) is 0. The molecule has 2 heterocycles. The summed E-state index contributed by atoms with van der Waals surface area (Å²) in [7, 11) is 0. The number of nitrogens with zero attached hydrogens (tertiary/aromatic N) is 1. The lowest BCUT2D eigenvalue weighted by molar-refractivity contribution is 0.596. The first kappa shape index (κ1) is 9.94. The second kappa shape index (κ2) is 3.21. The van der Waals surface area contributed by atoms with Crippen molar-refractivity contribution in [2.75, 3.05) is 0 Å². The van der Waals surface area contributed by atoms with Crippen molar-refractivity contribution in [2.45, 2.75) is 26.2 Å². The van der Waals surface area contributed by atoms with E-state index in [1.54, 1.807) is 17.5 Å². The van der Waals surface area contributed by atoms with Crippen LogP contribution in [0.3, 0.4) is 0 Å². The van der Waals surface area contributed by atoms with E-state index in [1.165, 1.54) is 10.3 Å². The van der Waals surface area contributed by atoms with Gasteiger partial charge >= 0.3 is 0 Å². The summed E-state index contributed by atoms with van der Waals surface area (Å²) in [5, 5.41) is 2.88. The summed E-state index contributed by atoms with van der Waals surface area (Å²) in [5.41, 5.74) is 2.54. The zero-order valence-electron chi connectivity index (χ0n) is 8.47. The topological polar surface area (TPSA) is 12.9 Å². The molecule has 0 aromatic carbocycles. The maximum atomic E-state index is 5.89. The van der Waals surface area contributed by atoms with Crippen molar-refractivity contribution in [3.63, 3.8) is 0 Å². The lowest BCUT2D eigenvalue weighted by Gasteiger charge is -2.16. The zero-order valence-corrected chi connectivity index (χ0v) is 10.0. The molecule has 2 rings (SSSR count). The Bertz CT molecular complexity index is 468. The van der Waals surface area contributed by atoms with E-state index >= 15 is 0 Å². The van der Waals surface area contributed by atoms with Gasteiger partial charge in [0.15, 0.2) is 0 Å². The molecule has 0 atom stereocenters. The quantitative estimate of drug-likeness (QED) is 0.653. The maximum absolute atomic E-state index is 5.89. The molecule has 2 aromatic heterocycles. The summed E-state index contributed by atoms with van der Waals surface area (Å²) < 4.78 is 1.17. The van der Waals surface area contributed by atoms with Crippen LogP contribution in [0, 0.1) is 0 Å². The molecular weight excluding hydrogens is 214 g/mol. The Morgan fingerprint density at radius 2 is 2.07 bits per heavy atom. The molecule has 0 aliphatic heterocycles. The van der Waals surface area contributed by atoms with Gasteiger partial charge in [0.05, 0.1) is 15.2 Å². The number of pyridine rings is 1. The van der Waals surface area contributed by atoms with E-state index in [2.05, 4.69) is 31.1 Å². The van der Waals surface area contributed by atoms with Gasteiger partial charge in [0, 0.05) is 6.20 Å². The average molecular weight is 226 g/mol. The molecule has 0 unspecified atom stereocenters. The third-order valence-corrected chi connectivity index (χ3v) is 3.31. The van der Waals surface area contributed by atoms with E-state index in [0.717, 1.165) is 5.52 Å². The van der Waals surface area contributed by atoms with Crippen molar-refractivity contribution >= 4 is 33.2 Å². The Morgan fingerprint density at radius 1 is 1.36 bits per heavy atom. The van der Waals surface area contributed by atoms with E-state index in [9.17, 15) is 0 Å². The fourth-order valence-corrected chi connectivity index (χ4v) is 2.82. The Morgan fingerprint density at radius 3 is 2.71 bits per heavy atom. The number of hydrogen-bond acceptors (Lipinski definition) is 2. The van der Waals surface area contributed by atoms with Gasteiger partial charge in [-0.15, -0.1) is 11.3 Å². The summed E-state index contributed by atoms with van der Waals surface area (Å²) >= 11 is 7.59. The summed E-state index contributed by atoms with van der Waals surface area (Å²) in [6.07, 6.45) is 1.71. The number of halogens is 1. The van der Waals surface area contributed by atoms with Gasteiger partial charge in [0.2, 0.25) is 0 Å². The fraction of sp³-hybridized carbons (Fsp3) is 0.364. The van der Waals surface area contributed by atoms with Gasteiger partial charge in [-0.25, -0.2) is 0 Å². The first-order valence-corrected chi connectivity index (χ1v) is 5.77. The SMILES string of the molecule is CC(C)(C)c1csc2cc(Cl)cnc12. The van der Waals surface area contributed by atoms with Crippen LogP contribution in [-0.4, -0.2) is 4.98 Å². The van der Waals surface area contributed by atoms with Crippen LogP contribution in [0.2, 0.25) is 5.02 Å². The predicted octanol–water partition coefficient (Wildman–Crippen LogP) is 4.25. The number of fused-ring (bicyclic) bond motifs is 1. The minimum absolute atomic E-state index is 0.152. The highest BCUT2D eigenvalue weighted by molar-refractivity contribution is 7.17. The van der Waals surface area contributed by atoms with Gasteiger partial charge in [0.1, 0.15) is 0 Å². The minimum atomic E-state index is 0.152. The van der Waals surface area contributed by atoms with Crippen LogP contribution in [0.5, 0.6) is 0 Å². The van der Waals surface area contributed by atoms with E-state index in [0.29, 0.717) is 5.02 Å². The molecule has 0 fully saturated rings. The predicted molar refractivity (Wildman–Crippen MR) is 63.3 cm³/mol. The fourth-order valence-electron chi connectivity index (χ4n) is 1.42. The van der Waals surface area contributed by atoms with Crippen molar-refractivity contribution in [1.29, 1.82) is 0 Å². The summed E-state index contributed by atoms with van der Waals surface area (Å²) in [6, 6.07) is 1.98. The first-order valence-electron chi connectivity index (χ1n) is 4.52. The summed E-state index contributed by atoms with van der Waals surface area (Å²) in [6.45, 7) is 6.60. The Labute approximate surface area is 92.7 Å². The molecular formula is C11H12ClNS. The van der Waals surface area contributed by atoms with Crippen molar-refractivity contribution in [2.24, 2.45) is 0 Å². The van der Waals surface area contributed by atoms with Gasteiger partial charge in [-0.05, 0) is 22.4 Å². The second-order valence-electron chi connectivity index (χ2n) is 4.40. The monoisotopic (exact) mass is 225 g/mol. The lowest BCUT2D eigenvalue weighted by Crippen LogP contribution is -2.10. The first-order chi connectivity index (χ1) is 6.48. The normalized spacial score (nSPS) is 12.3. The minimum Gasteiger partial charge on any atom is -0.254 e. The molecule has 0 bridgehead atoms. The number of rotatable bonds is 0. The van der Waals surface area contributed by atoms with Crippen molar-refractivity contribution < 1.29 is 0 Å². The molecule has 3 heteroatoms.